The average molecular weight is 301 g/mol. The third-order valence-corrected chi connectivity index (χ3v) is 3.65. The molecule has 0 unspecified atom stereocenters. The topological polar surface area (TPSA) is 39.4 Å². The van der Waals surface area contributed by atoms with Gasteiger partial charge in [-0.25, -0.2) is 4.98 Å². The smallest absolute Gasteiger partial charge is 0.227 e. The fourth-order valence-electron chi connectivity index (χ4n) is 2.53. The van der Waals surface area contributed by atoms with Crippen LogP contribution in [0.1, 0.15) is 5.56 Å². The third-order valence-electron chi connectivity index (χ3n) is 3.65. The van der Waals surface area contributed by atoms with Crippen LogP contribution in [0.4, 0.5) is 0 Å². The Labute approximate surface area is 134 Å². The number of hydrogen-bond donors (Lipinski definition) is 0. The Morgan fingerprint density at radius 1 is 0.913 bits per heavy atom. The van der Waals surface area contributed by atoms with Crippen molar-refractivity contribution in [3.8, 4) is 17.1 Å². The quantitative estimate of drug-likeness (QED) is 0.572. The molecule has 0 N–H and O–H groups in total. The number of benzene rings is 2. The summed E-state index contributed by atoms with van der Waals surface area (Å²) in [4.78, 5) is 8.81. The van der Waals surface area contributed by atoms with Crippen LogP contribution < -0.4 is 4.74 Å². The summed E-state index contributed by atoms with van der Waals surface area (Å²) in [6.07, 6.45) is 5.34. The second kappa shape index (κ2) is 5.93. The first kappa shape index (κ1) is 13.5. The maximum absolute atomic E-state index is 6.10. The van der Waals surface area contributed by atoms with E-state index >= 15 is 0 Å². The number of imidazole rings is 1. The lowest BCUT2D eigenvalue weighted by molar-refractivity contribution is 0.292. The van der Waals surface area contributed by atoms with E-state index in [1.807, 2.05) is 71.3 Å². The van der Waals surface area contributed by atoms with E-state index in [0.29, 0.717) is 6.61 Å². The summed E-state index contributed by atoms with van der Waals surface area (Å²) < 4.78 is 8.03. The molecule has 0 fully saturated rings. The summed E-state index contributed by atoms with van der Waals surface area (Å²) in [5, 5.41) is 0. The highest BCUT2D eigenvalue weighted by Gasteiger charge is 2.15. The van der Waals surface area contributed by atoms with Gasteiger partial charge in [-0.3, -0.25) is 9.38 Å². The molecule has 0 saturated heterocycles. The van der Waals surface area contributed by atoms with Gasteiger partial charge in [0.05, 0.1) is 6.20 Å². The first-order chi connectivity index (χ1) is 11.4. The first-order valence-corrected chi connectivity index (χ1v) is 7.46. The molecule has 0 radical (unpaired) electrons. The Balaban J connectivity index is 1.77. The van der Waals surface area contributed by atoms with E-state index in [2.05, 4.69) is 9.97 Å². The van der Waals surface area contributed by atoms with Gasteiger partial charge in [0.25, 0.3) is 0 Å². The summed E-state index contributed by atoms with van der Waals surface area (Å²) >= 11 is 0. The predicted octanol–water partition coefficient (Wildman–Crippen LogP) is 3.98. The van der Waals surface area contributed by atoms with Crippen LogP contribution >= 0.6 is 0 Å². The zero-order valence-corrected chi connectivity index (χ0v) is 12.5. The molecule has 0 aliphatic rings. The normalized spacial score (nSPS) is 10.8. The monoisotopic (exact) mass is 301 g/mol. The Kier molecular flexibility index (Phi) is 3.48. The van der Waals surface area contributed by atoms with Crippen LogP contribution in [-0.2, 0) is 6.61 Å². The lowest BCUT2D eigenvalue weighted by Crippen LogP contribution is -1.99. The van der Waals surface area contributed by atoms with Gasteiger partial charge in [0.2, 0.25) is 5.88 Å². The first-order valence-electron chi connectivity index (χ1n) is 7.46. The largest absolute Gasteiger partial charge is 0.472 e. The number of ether oxygens (including phenoxy) is 1. The molecule has 112 valence electrons. The van der Waals surface area contributed by atoms with Crippen LogP contribution in [0.15, 0.2) is 79.3 Å². The second-order valence-electron chi connectivity index (χ2n) is 5.21. The van der Waals surface area contributed by atoms with Crippen molar-refractivity contribution in [3.05, 3.63) is 84.8 Å². The van der Waals surface area contributed by atoms with Crippen molar-refractivity contribution in [1.82, 2.24) is 14.4 Å². The molecule has 4 heteroatoms. The van der Waals surface area contributed by atoms with Crippen molar-refractivity contribution < 1.29 is 4.74 Å². The van der Waals surface area contributed by atoms with Crippen LogP contribution in [0, 0.1) is 0 Å². The number of aromatic nitrogens is 3. The molecule has 2 aromatic heterocycles. The van der Waals surface area contributed by atoms with E-state index in [-0.39, 0.29) is 0 Å². The second-order valence-corrected chi connectivity index (χ2v) is 5.21. The zero-order valence-electron chi connectivity index (χ0n) is 12.5. The van der Waals surface area contributed by atoms with E-state index in [0.717, 1.165) is 28.3 Å². The highest BCUT2D eigenvalue weighted by molar-refractivity contribution is 5.69. The molecular weight excluding hydrogens is 286 g/mol. The standard InChI is InChI=1S/C19H15N3O/c1-3-7-15(8-4-1)14-23-19-18(16-9-5-2-6-10-16)21-17-13-20-11-12-22(17)19/h1-13H,14H2. The molecule has 0 aliphatic heterocycles. The van der Waals surface area contributed by atoms with E-state index in [9.17, 15) is 0 Å². The summed E-state index contributed by atoms with van der Waals surface area (Å²) in [5.74, 6) is 0.734. The number of fused-ring (bicyclic) bond motifs is 1. The van der Waals surface area contributed by atoms with Gasteiger partial charge in [0, 0.05) is 18.0 Å². The number of rotatable bonds is 4. The van der Waals surface area contributed by atoms with Gasteiger partial charge in [-0.1, -0.05) is 60.7 Å². The maximum Gasteiger partial charge on any atom is 0.227 e. The summed E-state index contributed by atoms with van der Waals surface area (Å²) in [5.41, 5.74) is 3.75. The molecule has 4 rings (SSSR count). The molecule has 2 heterocycles. The van der Waals surface area contributed by atoms with Crippen LogP contribution in [-0.4, -0.2) is 14.4 Å². The van der Waals surface area contributed by atoms with Gasteiger partial charge in [0.1, 0.15) is 12.3 Å². The average Bonchev–Trinajstić information content (AvgIpc) is 3.00. The third kappa shape index (κ3) is 2.66. The number of nitrogens with zero attached hydrogens (tertiary/aromatic N) is 3. The van der Waals surface area contributed by atoms with Gasteiger partial charge in [0.15, 0.2) is 5.65 Å². The molecule has 0 spiro atoms. The SMILES string of the molecule is c1ccc(COc2c(-c3ccccc3)nc3cnccn23)cc1. The van der Waals surface area contributed by atoms with Gasteiger partial charge in [-0.2, -0.15) is 0 Å². The van der Waals surface area contributed by atoms with Crippen molar-refractivity contribution >= 4 is 5.65 Å². The van der Waals surface area contributed by atoms with Gasteiger partial charge in [-0.05, 0) is 5.56 Å². The molecular formula is C19H15N3O. The predicted molar refractivity (Wildman–Crippen MR) is 89.2 cm³/mol. The van der Waals surface area contributed by atoms with E-state index in [4.69, 9.17) is 4.74 Å². The van der Waals surface area contributed by atoms with Gasteiger partial charge < -0.3 is 4.74 Å². The van der Waals surface area contributed by atoms with E-state index < -0.39 is 0 Å². The zero-order chi connectivity index (χ0) is 15.5. The van der Waals surface area contributed by atoms with E-state index in [1.54, 1.807) is 12.4 Å². The van der Waals surface area contributed by atoms with Gasteiger partial charge in [-0.15, -0.1) is 0 Å². The minimum atomic E-state index is 0.497. The van der Waals surface area contributed by atoms with Crippen molar-refractivity contribution in [2.24, 2.45) is 0 Å². The Bertz CT molecular complexity index is 917. The Morgan fingerprint density at radius 3 is 2.43 bits per heavy atom. The molecule has 4 aromatic rings. The highest BCUT2D eigenvalue weighted by atomic mass is 16.5. The summed E-state index contributed by atoms with van der Waals surface area (Å²) in [7, 11) is 0. The minimum absolute atomic E-state index is 0.497. The molecule has 0 atom stereocenters. The molecule has 0 aliphatic carbocycles. The van der Waals surface area contributed by atoms with Crippen LogP contribution in [0.5, 0.6) is 5.88 Å². The van der Waals surface area contributed by atoms with Crippen LogP contribution in [0.3, 0.4) is 0 Å². The van der Waals surface area contributed by atoms with Gasteiger partial charge >= 0.3 is 0 Å². The van der Waals surface area contributed by atoms with Crippen molar-refractivity contribution in [2.45, 2.75) is 6.61 Å². The highest BCUT2D eigenvalue weighted by Crippen LogP contribution is 2.30. The lowest BCUT2D eigenvalue weighted by Gasteiger charge is -2.08. The molecule has 23 heavy (non-hydrogen) atoms. The lowest BCUT2D eigenvalue weighted by atomic mass is 10.2. The molecule has 0 bridgehead atoms. The van der Waals surface area contributed by atoms with Crippen molar-refractivity contribution in [1.29, 1.82) is 0 Å². The molecule has 2 aromatic carbocycles. The van der Waals surface area contributed by atoms with E-state index in [1.165, 1.54) is 0 Å². The van der Waals surface area contributed by atoms with Crippen molar-refractivity contribution in [3.63, 3.8) is 0 Å². The van der Waals surface area contributed by atoms with Crippen LogP contribution in [0.25, 0.3) is 16.9 Å². The molecule has 4 nitrogen and oxygen atoms in total. The fourth-order valence-corrected chi connectivity index (χ4v) is 2.53. The Morgan fingerprint density at radius 2 is 1.65 bits per heavy atom. The van der Waals surface area contributed by atoms with Crippen molar-refractivity contribution in [2.75, 3.05) is 0 Å². The molecule has 0 amide bonds. The summed E-state index contributed by atoms with van der Waals surface area (Å²) in [6, 6.07) is 20.2. The van der Waals surface area contributed by atoms with Crippen LogP contribution in [0.2, 0.25) is 0 Å². The fraction of sp³-hybridized carbons (Fsp3) is 0.0526. The number of hydrogen-bond acceptors (Lipinski definition) is 3. The minimum Gasteiger partial charge on any atom is -0.472 e. The Hall–Kier alpha value is -3.14. The summed E-state index contributed by atoms with van der Waals surface area (Å²) in [6.45, 7) is 0.497. The maximum atomic E-state index is 6.10. The molecule has 0 saturated carbocycles.